The molecule has 2 aliphatic carbocycles. The van der Waals surface area contributed by atoms with Gasteiger partial charge in [0.25, 0.3) is 0 Å². The van der Waals surface area contributed by atoms with Gasteiger partial charge in [-0.25, -0.2) is 4.90 Å². The van der Waals surface area contributed by atoms with Crippen LogP contribution in [0.25, 0.3) is 0 Å². The molecule has 0 radical (unpaired) electrons. The van der Waals surface area contributed by atoms with Gasteiger partial charge in [0.15, 0.2) is 0 Å². The van der Waals surface area contributed by atoms with Crippen LogP contribution in [-0.4, -0.2) is 24.7 Å². The van der Waals surface area contributed by atoms with Crippen LogP contribution in [0.15, 0.2) is 24.3 Å². The fourth-order valence-corrected chi connectivity index (χ4v) is 5.14. The molecule has 2 amide bonds. The Labute approximate surface area is 134 Å². The molecule has 120 valence electrons. The van der Waals surface area contributed by atoms with Crippen molar-refractivity contribution in [2.75, 3.05) is 12.0 Å². The molecule has 0 spiro atoms. The first-order valence-corrected chi connectivity index (χ1v) is 7.88. The molecule has 0 unspecified atom stereocenters. The van der Waals surface area contributed by atoms with E-state index in [9.17, 15) is 14.4 Å². The molecule has 1 aromatic carbocycles. The Bertz CT molecular complexity index is 757. The Morgan fingerprint density at radius 3 is 2.43 bits per heavy atom. The van der Waals surface area contributed by atoms with Crippen molar-refractivity contribution < 1.29 is 19.1 Å². The second-order valence-corrected chi connectivity index (χ2v) is 7.49. The number of benzene rings is 1. The highest BCUT2D eigenvalue weighted by Gasteiger charge is 2.74. The first-order chi connectivity index (χ1) is 10.8. The maximum atomic E-state index is 13.0. The molecule has 0 aromatic heterocycles. The zero-order valence-corrected chi connectivity index (χ0v) is 13.5. The van der Waals surface area contributed by atoms with Gasteiger partial charge in [-0.1, -0.05) is 26.0 Å². The van der Waals surface area contributed by atoms with Crippen molar-refractivity contribution in [3.05, 3.63) is 24.3 Å². The number of fused-ring (bicyclic) bond motifs is 5. The Hall–Kier alpha value is -2.17. The second kappa shape index (κ2) is 4.22. The van der Waals surface area contributed by atoms with Crippen molar-refractivity contribution in [3.63, 3.8) is 0 Å². The molecule has 1 saturated heterocycles. The summed E-state index contributed by atoms with van der Waals surface area (Å²) in [6, 6.07) is 7.01. The van der Waals surface area contributed by atoms with E-state index in [1.165, 1.54) is 12.0 Å². The molecule has 3 fully saturated rings. The van der Waals surface area contributed by atoms with Crippen LogP contribution < -0.4 is 9.64 Å². The number of carbonyl (C=O) groups excluding carboxylic acids is 3. The number of ketones is 1. The van der Waals surface area contributed by atoms with Gasteiger partial charge in [0.05, 0.1) is 24.6 Å². The van der Waals surface area contributed by atoms with Gasteiger partial charge in [0, 0.05) is 11.8 Å². The molecule has 1 heterocycles. The zero-order valence-electron chi connectivity index (χ0n) is 13.5. The number of ether oxygens (including phenoxy) is 1. The van der Waals surface area contributed by atoms with Crippen LogP contribution in [0.3, 0.4) is 0 Å². The van der Waals surface area contributed by atoms with E-state index < -0.39 is 22.7 Å². The maximum Gasteiger partial charge on any atom is 0.238 e. The van der Waals surface area contributed by atoms with Crippen LogP contribution >= 0.6 is 0 Å². The molecule has 2 saturated carbocycles. The Kier molecular flexibility index (Phi) is 2.64. The average molecular weight is 313 g/mol. The fraction of sp³-hybridized carbons (Fsp3) is 0.500. The normalized spacial score (nSPS) is 38.4. The molecule has 4 atom stereocenters. The molecule has 1 aromatic rings. The van der Waals surface area contributed by atoms with Crippen molar-refractivity contribution in [1.82, 2.24) is 0 Å². The number of anilines is 1. The summed E-state index contributed by atoms with van der Waals surface area (Å²) in [5.41, 5.74) is -0.637. The topological polar surface area (TPSA) is 63.7 Å². The van der Waals surface area contributed by atoms with E-state index in [1.807, 2.05) is 13.8 Å². The number of Topliss-reactive ketones (excluding diaryl/α,β-unsaturated/α-hetero) is 1. The lowest BCUT2D eigenvalue weighted by Crippen LogP contribution is -2.40. The monoisotopic (exact) mass is 313 g/mol. The predicted octanol–water partition coefficient (Wildman–Crippen LogP) is 2.19. The van der Waals surface area contributed by atoms with Gasteiger partial charge in [-0.3, -0.25) is 14.4 Å². The first kappa shape index (κ1) is 14.4. The van der Waals surface area contributed by atoms with Crippen molar-refractivity contribution in [1.29, 1.82) is 0 Å². The van der Waals surface area contributed by atoms with Crippen molar-refractivity contribution in [2.45, 2.75) is 26.7 Å². The summed E-state index contributed by atoms with van der Waals surface area (Å²) in [4.78, 5) is 39.7. The lowest BCUT2D eigenvalue weighted by atomic mass is 9.68. The quantitative estimate of drug-likeness (QED) is 0.785. The summed E-state index contributed by atoms with van der Waals surface area (Å²) in [5.74, 6) is -0.784. The minimum absolute atomic E-state index is 0.115. The summed E-state index contributed by atoms with van der Waals surface area (Å²) in [6.07, 6.45) is 1.02. The standard InChI is InChI=1S/C18H19NO4/c1-17-8-12(20)18(2,9-17)14-13(17)15(21)19(16(14)22)10-6-4-5-7-11(10)23-3/h4-7,13-14H,8-9H2,1-3H3/t13-,14-,17+,18-/m1/s1. The molecule has 4 rings (SSSR count). The minimum Gasteiger partial charge on any atom is -0.495 e. The predicted molar refractivity (Wildman–Crippen MR) is 82.9 cm³/mol. The van der Waals surface area contributed by atoms with E-state index in [0.29, 0.717) is 24.3 Å². The molecule has 1 aliphatic heterocycles. The van der Waals surface area contributed by atoms with E-state index in [1.54, 1.807) is 24.3 Å². The fourth-order valence-electron chi connectivity index (χ4n) is 5.14. The average Bonchev–Trinajstić information content (AvgIpc) is 3.01. The third kappa shape index (κ3) is 1.55. The first-order valence-electron chi connectivity index (χ1n) is 7.88. The van der Waals surface area contributed by atoms with Crippen LogP contribution in [0.1, 0.15) is 26.7 Å². The molecule has 5 heteroatoms. The van der Waals surface area contributed by atoms with E-state index in [2.05, 4.69) is 0 Å². The summed E-state index contributed by atoms with van der Waals surface area (Å²) >= 11 is 0. The Morgan fingerprint density at radius 2 is 1.74 bits per heavy atom. The van der Waals surface area contributed by atoms with Crippen LogP contribution in [0.4, 0.5) is 5.69 Å². The van der Waals surface area contributed by atoms with Gasteiger partial charge in [-0.15, -0.1) is 0 Å². The molecule has 3 aliphatic rings. The van der Waals surface area contributed by atoms with Gasteiger partial charge >= 0.3 is 0 Å². The third-order valence-electron chi connectivity index (χ3n) is 6.04. The Balaban J connectivity index is 1.84. The third-order valence-corrected chi connectivity index (χ3v) is 6.04. The number of hydrogen-bond acceptors (Lipinski definition) is 4. The van der Waals surface area contributed by atoms with Crippen LogP contribution in [0, 0.1) is 22.7 Å². The van der Waals surface area contributed by atoms with Gasteiger partial charge in [-0.05, 0) is 24.0 Å². The Morgan fingerprint density at radius 1 is 1.09 bits per heavy atom. The van der Waals surface area contributed by atoms with E-state index in [4.69, 9.17) is 4.74 Å². The van der Waals surface area contributed by atoms with Gasteiger partial charge in [-0.2, -0.15) is 0 Å². The molecule has 0 N–H and O–H groups in total. The van der Waals surface area contributed by atoms with Crippen molar-refractivity contribution >= 4 is 23.3 Å². The molecular formula is C18H19NO4. The van der Waals surface area contributed by atoms with Crippen molar-refractivity contribution in [3.8, 4) is 5.75 Å². The maximum absolute atomic E-state index is 13.0. The molecule has 2 bridgehead atoms. The van der Waals surface area contributed by atoms with E-state index in [0.717, 1.165) is 0 Å². The second-order valence-electron chi connectivity index (χ2n) is 7.49. The number of amides is 2. The highest BCUT2D eigenvalue weighted by Crippen LogP contribution is 2.68. The van der Waals surface area contributed by atoms with E-state index >= 15 is 0 Å². The van der Waals surface area contributed by atoms with Gasteiger partial charge in [0.1, 0.15) is 11.5 Å². The van der Waals surface area contributed by atoms with Crippen molar-refractivity contribution in [2.24, 2.45) is 22.7 Å². The lowest BCUT2D eigenvalue weighted by molar-refractivity contribution is -0.138. The summed E-state index contributed by atoms with van der Waals surface area (Å²) in [5, 5.41) is 0. The number of carbonyl (C=O) groups is 3. The summed E-state index contributed by atoms with van der Waals surface area (Å²) in [6.45, 7) is 3.82. The van der Waals surface area contributed by atoms with Crippen LogP contribution in [0.5, 0.6) is 5.75 Å². The number of nitrogens with zero attached hydrogens (tertiary/aromatic N) is 1. The summed E-state index contributed by atoms with van der Waals surface area (Å²) in [7, 11) is 1.51. The summed E-state index contributed by atoms with van der Waals surface area (Å²) < 4.78 is 5.30. The number of methoxy groups -OCH3 is 1. The highest BCUT2D eigenvalue weighted by atomic mass is 16.5. The molecule has 5 nitrogen and oxygen atoms in total. The van der Waals surface area contributed by atoms with Crippen LogP contribution in [-0.2, 0) is 14.4 Å². The van der Waals surface area contributed by atoms with Crippen LogP contribution in [0.2, 0.25) is 0 Å². The van der Waals surface area contributed by atoms with Gasteiger partial charge in [0.2, 0.25) is 11.8 Å². The number of para-hydroxylation sites is 2. The number of imide groups is 1. The number of rotatable bonds is 2. The zero-order chi connectivity index (χ0) is 16.6. The van der Waals surface area contributed by atoms with E-state index in [-0.39, 0.29) is 17.6 Å². The van der Waals surface area contributed by atoms with Gasteiger partial charge < -0.3 is 4.74 Å². The minimum atomic E-state index is -0.705. The number of hydrogen-bond donors (Lipinski definition) is 0. The molecular weight excluding hydrogens is 294 g/mol. The smallest absolute Gasteiger partial charge is 0.238 e. The molecule has 23 heavy (non-hydrogen) atoms. The highest BCUT2D eigenvalue weighted by molar-refractivity contribution is 6.25. The largest absolute Gasteiger partial charge is 0.495 e. The SMILES string of the molecule is COc1ccccc1N1C(=O)[C@H]2[C@H](C1=O)[C@]1(C)C[C@]2(C)CC1=O. The lowest BCUT2D eigenvalue weighted by Gasteiger charge is -2.30.